The third-order valence-electron chi connectivity index (χ3n) is 2.64. The molecule has 19 heavy (non-hydrogen) atoms. The SMILES string of the molecule is O=C(O)c1cccc(S(=O)CCc2cccnc2)c1. The Balaban J connectivity index is 2.04. The molecule has 1 heterocycles. The molecule has 0 aliphatic rings. The topological polar surface area (TPSA) is 67.3 Å². The van der Waals surface area contributed by atoms with Gasteiger partial charge in [-0.05, 0) is 36.2 Å². The number of carboxylic acids is 1. The van der Waals surface area contributed by atoms with Crippen molar-refractivity contribution in [1.82, 2.24) is 4.98 Å². The van der Waals surface area contributed by atoms with Gasteiger partial charge in [0.05, 0.1) is 16.4 Å². The zero-order chi connectivity index (χ0) is 13.7. The van der Waals surface area contributed by atoms with Crippen LogP contribution in [0, 0.1) is 0 Å². The fourth-order valence-electron chi connectivity index (χ4n) is 1.65. The number of hydrogen-bond donors (Lipinski definition) is 1. The van der Waals surface area contributed by atoms with Gasteiger partial charge in [-0.1, -0.05) is 12.1 Å². The minimum absolute atomic E-state index is 0.159. The Labute approximate surface area is 113 Å². The van der Waals surface area contributed by atoms with Crippen molar-refractivity contribution in [3.05, 3.63) is 59.9 Å². The Morgan fingerprint density at radius 2 is 2.11 bits per heavy atom. The molecule has 0 saturated carbocycles. The molecule has 5 heteroatoms. The Morgan fingerprint density at radius 3 is 2.79 bits per heavy atom. The first kappa shape index (κ1) is 13.4. The van der Waals surface area contributed by atoms with E-state index in [1.807, 2.05) is 12.1 Å². The Kier molecular flexibility index (Phi) is 4.41. The first-order valence-electron chi connectivity index (χ1n) is 5.77. The maximum atomic E-state index is 12.1. The number of pyridine rings is 1. The molecule has 0 amide bonds. The summed E-state index contributed by atoms with van der Waals surface area (Å²) < 4.78 is 12.1. The average Bonchev–Trinajstić information content (AvgIpc) is 2.46. The van der Waals surface area contributed by atoms with Crippen LogP contribution >= 0.6 is 0 Å². The lowest BCUT2D eigenvalue weighted by Gasteiger charge is -2.03. The van der Waals surface area contributed by atoms with Crippen LogP contribution in [0.3, 0.4) is 0 Å². The number of benzene rings is 1. The van der Waals surface area contributed by atoms with Gasteiger partial charge in [0.25, 0.3) is 0 Å². The summed E-state index contributed by atoms with van der Waals surface area (Å²) >= 11 is 0. The highest BCUT2D eigenvalue weighted by Crippen LogP contribution is 2.11. The van der Waals surface area contributed by atoms with Crippen molar-refractivity contribution < 1.29 is 14.1 Å². The second-order valence-corrected chi connectivity index (χ2v) is 5.56. The largest absolute Gasteiger partial charge is 0.478 e. The van der Waals surface area contributed by atoms with Crippen LogP contribution in [0.4, 0.5) is 0 Å². The molecule has 0 spiro atoms. The van der Waals surface area contributed by atoms with E-state index in [1.165, 1.54) is 12.1 Å². The van der Waals surface area contributed by atoms with Crippen molar-refractivity contribution in [3.8, 4) is 0 Å². The van der Waals surface area contributed by atoms with Gasteiger partial charge in [-0.15, -0.1) is 0 Å². The second-order valence-electron chi connectivity index (χ2n) is 3.99. The number of rotatable bonds is 5. The lowest BCUT2D eigenvalue weighted by atomic mass is 10.2. The third-order valence-corrected chi connectivity index (χ3v) is 4.00. The van der Waals surface area contributed by atoms with Gasteiger partial charge >= 0.3 is 5.97 Å². The Hall–Kier alpha value is -2.01. The van der Waals surface area contributed by atoms with Crippen LogP contribution in [0.15, 0.2) is 53.7 Å². The smallest absolute Gasteiger partial charge is 0.335 e. The van der Waals surface area contributed by atoms with E-state index in [4.69, 9.17) is 5.11 Å². The minimum Gasteiger partial charge on any atom is -0.478 e. The van der Waals surface area contributed by atoms with Gasteiger partial charge in [-0.3, -0.25) is 9.19 Å². The van der Waals surface area contributed by atoms with Crippen molar-refractivity contribution in [2.45, 2.75) is 11.3 Å². The van der Waals surface area contributed by atoms with E-state index >= 15 is 0 Å². The molecular weight excluding hydrogens is 262 g/mol. The zero-order valence-corrected chi connectivity index (χ0v) is 11.0. The summed E-state index contributed by atoms with van der Waals surface area (Å²) in [5, 5.41) is 8.89. The lowest BCUT2D eigenvalue weighted by Crippen LogP contribution is -2.04. The molecule has 1 N–H and O–H groups in total. The molecule has 1 aromatic heterocycles. The molecule has 0 saturated heterocycles. The van der Waals surface area contributed by atoms with E-state index in [1.54, 1.807) is 24.5 Å². The summed E-state index contributed by atoms with van der Waals surface area (Å²) in [6.45, 7) is 0. The minimum atomic E-state index is -1.20. The van der Waals surface area contributed by atoms with E-state index in [0.29, 0.717) is 17.1 Å². The number of carbonyl (C=O) groups is 1. The quantitative estimate of drug-likeness (QED) is 0.907. The molecule has 0 radical (unpaired) electrons. The van der Waals surface area contributed by atoms with Gasteiger partial charge in [0, 0.05) is 23.0 Å². The molecule has 2 aromatic rings. The van der Waals surface area contributed by atoms with Crippen LogP contribution in [0.25, 0.3) is 0 Å². The summed E-state index contributed by atoms with van der Waals surface area (Å²) in [5.41, 5.74) is 1.18. The highest BCUT2D eigenvalue weighted by Gasteiger charge is 2.08. The van der Waals surface area contributed by atoms with Crippen molar-refractivity contribution in [2.75, 3.05) is 5.75 Å². The summed E-state index contributed by atoms with van der Waals surface area (Å²) in [6.07, 6.45) is 4.08. The van der Waals surface area contributed by atoms with Gasteiger partial charge in [-0.2, -0.15) is 0 Å². The van der Waals surface area contributed by atoms with E-state index in [9.17, 15) is 9.00 Å². The molecule has 2 rings (SSSR count). The molecule has 0 fully saturated rings. The van der Waals surface area contributed by atoms with Crippen LogP contribution < -0.4 is 0 Å². The van der Waals surface area contributed by atoms with Crippen LogP contribution in [-0.4, -0.2) is 26.0 Å². The summed E-state index contributed by atoms with van der Waals surface area (Å²) in [4.78, 5) is 15.4. The van der Waals surface area contributed by atoms with Gasteiger partial charge < -0.3 is 5.11 Å². The first-order valence-corrected chi connectivity index (χ1v) is 7.09. The monoisotopic (exact) mass is 275 g/mol. The summed E-state index contributed by atoms with van der Waals surface area (Å²) in [7, 11) is -1.20. The maximum absolute atomic E-state index is 12.1. The van der Waals surface area contributed by atoms with Gasteiger partial charge in [-0.25, -0.2) is 4.79 Å². The third kappa shape index (κ3) is 3.72. The Morgan fingerprint density at radius 1 is 1.26 bits per heavy atom. The molecule has 0 bridgehead atoms. The molecular formula is C14H13NO3S. The fraction of sp³-hybridized carbons (Fsp3) is 0.143. The molecule has 4 nitrogen and oxygen atoms in total. The number of hydrogen-bond acceptors (Lipinski definition) is 3. The normalized spacial score (nSPS) is 12.0. The van der Waals surface area contributed by atoms with Crippen molar-refractivity contribution in [1.29, 1.82) is 0 Å². The maximum Gasteiger partial charge on any atom is 0.335 e. The number of aromatic nitrogens is 1. The number of aromatic carboxylic acids is 1. The standard InChI is InChI=1S/C14H13NO3S/c16-14(17)12-4-1-5-13(9-12)19(18)8-6-11-3-2-7-15-10-11/h1-5,7,9-10H,6,8H2,(H,16,17). The van der Waals surface area contributed by atoms with Crippen molar-refractivity contribution in [3.63, 3.8) is 0 Å². The van der Waals surface area contributed by atoms with E-state index < -0.39 is 16.8 Å². The van der Waals surface area contributed by atoms with E-state index in [2.05, 4.69) is 4.98 Å². The molecule has 0 aliphatic carbocycles. The molecule has 1 unspecified atom stereocenters. The second kappa shape index (κ2) is 6.24. The fourth-order valence-corrected chi connectivity index (χ4v) is 2.79. The molecule has 98 valence electrons. The number of nitrogens with zero attached hydrogens (tertiary/aromatic N) is 1. The highest BCUT2D eigenvalue weighted by atomic mass is 32.2. The molecule has 1 aromatic carbocycles. The summed E-state index contributed by atoms with van der Waals surface area (Å²) in [5.74, 6) is -0.555. The average molecular weight is 275 g/mol. The predicted molar refractivity (Wildman–Crippen MR) is 72.6 cm³/mol. The lowest BCUT2D eigenvalue weighted by molar-refractivity contribution is 0.0696. The molecule has 0 aliphatic heterocycles. The van der Waals surface area contributed by atoms with Crippen molar-refractivity contribution >= 4 is 16.8 Å². The van der Waals surface area contributed by atoms with Gasteiger partial charge in [0.15, 0.2) is 0 Å². The predicted octanol–water partition coefficient (Wildman–Crippen LogP) is 2.13. The Bertz CT molecular complexity index is 599. The summed E-state index contributed by atoms with van der Waals surface area (Å²) in [6, 6.07) is 10.0. The molecule has 1 atom stereocenters. The number of aryl methyl sites for hydroxylation is 1. The van der Waals surface area contributed by atoms with Crippen LogP contribution in [0.1, 0.15) is 15.9 Å². The van der Waals surface area contributed by atoms with Gasteiger partial charge in [0.1, 0.15) is 0 Å². The van der Waals surface area contributed by atoms with Crippen molar-refractivity contribution in [2.24, 2.45) is 0 Å². The van der Waals surface area contributed by atoms with Gasteiger partial charge in [0.2, 0.25) is 0 Å². The zero-order valence-electron chi connectivity index (χ0n) is 10.2. The van der Waals surface area contributed by atoms with Crippen LogP contribution in [-0.2, 0) is 17.2 Å². The van der Waals surface area contributed by atoms with Crippen LogP contribution in [0.2, 0.25) is 0 Å². The highest BCUT2D eigenvalue weighted by molar-refractivity contribution is 7.85. The van der Waals surface area contributed by atoms with E-state index in [0.717, 1.165) is 5.56 Å². The number of carboxylic acid groups (broad SMARTS) is 1. The van der Waals surface area contributed by atoms with E-state index in [-0.39, 0.29) is 5.56 Å². The first-order chi connectivity index (χ1) is 9.16. The van der Waals surface area contributed by atoms with Crippen LogP contribution in [0.5, 0.6) is 0 Å².